The van der Waals surface area contributed by atoms with Gasteiger partial charge >= 0.3 is 5.97 Å². The maximum atomic E-state index is 12.3. The number of hydrogen-bond donors (Lipinski definition) is 2. The minimum atomic E-state index is -1.23. The third kappa shape index (κ3) is 3.79. The first-order valence-electron chi connectivity index (χ1n) is 6.86. The van der Waals surface area contributed by atoms with Crippen LogP contribution in [0.25, 0.3) is 0 Å². The molecule has 112 valence electrons. The Hall–Kier alpha value is -1.43. The van der Waals surface area contributed by atoms with Gasteiger partial charge in [-0.1, -0.05) is 20.3 Å². The van der Waals surface area contributed by atoms with Crippen LogP contribution < -0.4 is 5.32 Å². The topological polar surface area (TPSA) is 79.3 Å². The smallest absolute Gasteiger partial charge is 0.329 e. The highest BCUT2D eigenvalue weighted by Crippen LogP contribution is 2.21. The molecule has 1 rings (SSSR count). The zero-order valence-electron chi connectivity index (χ0n) is 12.4. The molecule has 0 aromatic carbocycles. The molecule has 2 N–H and O–H groups in total. The highest BCUT2D eigenvalue weighted by Gasteiger charge is 2.34. The van der Waals surface area contributed by atoms with E-state index in [-0.39, 0.29) is 5.91 Å². The standard InChI is InChI=1S/C14H22N2O3S/c1-5-7-10-15-9(3)11(20-10)12(17)16-14(4,8-6-2)13(18)19/h5-8H2,1-4H3,(H,16,17)(H,18,19). The third-order valence-electron chi connectivity index (χ3n) is 3.12. The van der Waals surface area contributed by atoms with Gasteiger partial charge in [0.15, 0.2) is 0 Å². The first-order chi connectivity index (χ1) is 9.34. The largest absolute Gasteiger partial charge is 0.480 e. The summed E-state index contributed by atoms with van der Waals surface area (Å²) in [6.45, 7) is 7.27. The molecule has 1 unspecified atom stereocenters. The van der Waals surface area contributed by atoms with Crippen molar-refractivity contribution in [3.05, 3.63) is 15.6 Å². The van der Waals surface area contributed by atoms with Crippen LogP contribution in [0.3, 0.4) is 0 Å². The molecule has 0 aliphatic carbocycles. The second-order valence-electron chi connectivity index (χ2n) is 5.11. The molecule has 0 aliphatic rings. The van der Waals surface area contributed by atoms with E-state index in [0.717, 1.165) is 17.8 Å². The molecule has 0 fully saturated rings. The first kappa shape index (κ1) is 16.6. The Morgan fingerprint density at radius 1 is 1.35 bits per heavy atom. The van der Waals surface area contributed by atoms with Gasteiger partial charge < -0.3 is 10.4 Å². The van der Waals surface area contributed by atoms with E-state index < -0.39 is 11.5 Å². The van der Waals surface area contributed by atoms with Gasteiger partial charge in [0.2, 0.25) is 0 Å². The number of amides is 1. The molecule has 6 heteroatoms. The molecule has 0 bridgehead atoms. The molecular formula is C14H22N2O3S. The summed E-state index contributed by atoms with van der Waals surface area (Å²) in [5.41, 5.74) is -0.562. The van der Waals surface area contributed by atoms with Crippen LogP contribution in [0.5, 0.6) is 0 Å². The maximum absolute atomic E-state index is 12.3. The number of carbonyl (C=O) groups excluding carboxylic acids is 1. The van der Waals surface area contributed by atoms with Crippen molar-refractivity contribution < 1.29 is 14.7 Å². The number of carbonyl (C=O) groups is 2. The molecule has 1 atom stereocenters. The molecule has 0 aliphatic heterocycles. The summed E-state index contributed by atoms with van der Waals surface area (Å²) in [6, 6.07) is 0. The molecule has 0 saturated heterocycles. The van der Waals surface area contributed by atoms with Crippen LogP contribution in [-0.4, -0.2) is 27.5 Å². The first-order valence-corrected chi connectivity index (χ1v) is 7.68. The van der Waals surface area contributed by atoms with Crippen molar-refractivity contribution >= 4 is 23.2 Å². The predicted octanol–water partition coefficient (Wildman–Crippen LogP) is 2.78. The minimum Gasteiger partial charge on any atom is -0.480 e. The second kappa shape index (κ2) is 6.83. The van der Waals surface area contributed by atoms with E-state index >= 15 is 0 Å². The van der Waals surface area contributed by atoms with Crippen LogP contribution in [0.2, 0.25) is 0 Å². The van der Waals surface area contributed by atoms with Gasteiger partial charge in [0.05, 0.1) is 10.7 Å². The van der Waals surface area contributed by atoms with Gasteiger partial charge in [-0.25, -0.2) is 9.78 Å². The lowest BCUT2D eigenvalue weighted by Gasteiger charge is -2.25. The lowest BCUT2D eigenvalue weighted by atomic mass is 9.96. The van der Waals surface area contributed by atoms with Crippen LogP contribution in [-0.2, 0) is 11.2 Å². The molecule has 20 heavy (non-hydrogen) atoms. The molecule has 1 aromatic heterocycles. The van der Waals surface area contributed by atoms with Gasteiger partial charge in [0.25, 0.3) is 5.91 Å². The molecule has 0 spiro atoms. The number of nitrogens with one attached hydrogen (secondary N) is 1. The molecule has 0 radical (unpaired) electrons. The average molecular weight is 298 g/mol. The Balaban J connectivity index is 2.92. The quantitative estimate of drug-likeness (QED) is 0.811. The predicted molar refractivity (Wildman–Crippen MR) is 79.3 cm³/mol. The summed E-state index contributed by atoms with van der Waals surface area (Å²) >= 11 is 1.35. The molecule has 1 aromatic rings. The monoisotopic (exact) mass is 298 g/mol. The van der Waals surface area contributed by atoms with Crippen molar-refractivity contribution in [2.45, 2.75) is 58.9 Å². The van der Waals surface area contributed by atoms with Crippen molar-refractivity contribution in [1.82, 2.24) is 10.3 Å². The van der Waals surface area contributed by atoms with Crippen LogP contribution in [0.4, 0.5) is 0 Å². The second-order valence-corrected chi connectivity index (χ2v) is 6.20. The van der Waals surface area contributed by atoms with Crippen LogP contribution >= 0.6 is 11.3 Å². The Morgan fingerprint density at radius 2 is 2.00 bits per heavy atom. The maximum Gasteiger partial charge on any atom is 0.329 e. The fourth-order valence-electron chi connectivity index (χ4n) is 2.01. The van der Waals surface area contributed by atoms with E-state index in [1.165, 1.54) is 11.3 Å². The van der Waals surface area contributed by atoms with Gasteiger partial charge in [-0.15, -0.1) is 11.3 Å². The Bertz CT molecular complexity index is 499. The van der Waals surface area contributed by atoms with Crippen molar-refractivity contribution in [3.63, 3.8) is 0 Å². The number of aliphatic carboxylic acids is 1. The van der Waals surface area contributed by atoms with Gasteiger partial charge in [0.1, 0.15) is 10.4 Å². The lowest BCUT2D eigenvalue weighted by molar-refractivity contribution is -0.144. The van der Waals surface area contributed by atoms with Crippen molar-refractivity contribution in [2.24, 2.45) is 0 Å². The molecular weight excluding hydrogens is 276 g/mol. The Labute approximate surface area is 123 Å². The summed E-state index contributed by atoms with van der Waals surface area (Å²) in [5.74, 6) is -1.36. The number of aryl methyl sites for hydroxylation is 2. The molecule has 1 heterocycles. The van der Waals surface area contributed by atoms with E-state index in [1.54, 1.807) is 13.8 Å². The minimum absolute atomic E-state index is 0.347. The number of rotatable bonds is 7. The van der Waals surface area contributed by atoms with E-state index in [1.807, 2.05) is 6.92 Å². The zero-order valence-corrected chi connectivity index (χ0v) is 13.3. The fourth-order valence-corrected chi connectivity index (χ4v) is 3.08. The number of carboxylic acids is 1. The van der Waals surface area contributed by atoms with E-state index in [0.29, 0.717) is 23.4 Å². The van der Waals surface area contributed by atoms with Crippen molar-refractivity contribution in [2.75, 3.05) is 0 Å². The van der Waals surface area contributed by atoms with Gasteiger partial charge in [-0.3, -0.25) is 4.79 Å². The molecule has 1 amide bonds. The zero-order chi connectivity index (χ0) is 15.3. The van der Waals surface area contributed by atoms with Gasteiger partial charge in [-0.05, 0) is 33.1 Å². The number of thiazole rings is 1. The molecule has 0 saturated carbocycles. The summed E-state index contributed by atoms with van der Waals surface area (Å²) < 4.78 is 0. The van der Waals surface area contributed by atoms with E-state index in [9.17, 15) is 14.7 Å². The number of hydrogen-bond acceptors (Lipinski definition) is 4. The Kier molecular flexibility index (Phi) is 5.68. The fraction of sp³-hybridized carbons (Fsp3) is 0.643. The van der Waals surface area contributed by atoms with Crippen molar-refractivity contribution in [1.29, 1.82) is 0 Å². The SMILES string of the molecule is CCCc1nc(C)c(C(=O)NC(C)(CCC)C(=O)O)s1. The third-order valence-corrected chi connectivity index (χ3v) is 4.34. The van der Waals surface area contributed by atoms with Crippen LogP contribution in [0.15, 0.2) is 0 Å². The average Bonchev–Trinajstić information content (AvgIpc) is 2.71. The highest BCUT2D eigenvalue weighted by atomic mass is 32.1. The normalized spacial score (nSPS) is 13.8. The summed E-state index contributed by atoms with van der Waals surface area (Å²) in [5, 5.41) is 12.8. The van der Waals surface area contributed by atoms with Crippen LogP contribution in [0, 0.1) is 6.92 Å². The molecule has 5 nitrogen and oxygen atoms in total. The Morgan fingerprint density at radius 3 is 2.50 bits per heavy atom. The van der Waals surface area contributed by atoms with Gasteiger partial charge in [0, 0.05) is 0 Å². The summed E-state index contributed by atoms with van der Waals surface area (Å²) in [4.78, 5) is 28.5. The van der Waals surface area contributed by atoms with E-state index in [2.05, 4.69) is 17.2 Å². The number of aromatic nitrogens is 1. The highest BCUT2D eigenvalue weighted by molar-refractivity contribution is 7.13. The lowest BCUT2D eigenvalue weighted by Crippen LogP contribution is -2.52. The number of carboxylic acid groups (broad SMARTS) is 1. The summed E-state index contributed by atoms with van der Waals surface area (Å²) in [7, 11) is 0. The van der Waals surface area contributed by atoms with E-state index in [4.69, 9.17) is 0 Å². The number of nitrogens with zero attached hydrogens (tertiary/aromatic N) is 1. The van der Waals surface area contributed by atoms with Crippen molar-refractivity contribution in [3.8, 4) is 0 Å². The summed E-state index contributed by atoms with van der Waals surface area (Å²) in [6.07, 6.45) is 2.89. The van der Waals surface area contributed by atoms with Gasteiger partial charge in [-0.2, -0.15) is 0 Å². The van der Waals surface area contributed by atoms with Crippen LogP contribution in [0.1, 0.15) is 60.4 Å².